The van der Waals surface area contributed by atoms with Gasteiger partial charge < -0.3 is 8.83 Å². The highest BCUT2D eigenvalue weighted by molar-refractivity contribution is 7.25. The van der Waals surface area contributed by atoms with E-state index in [1.807, 2.05) is 17.4 Å². The number of benzene rings is 7. The molecule has 3 heteroatoms. The molecular formula is C40H22O2S. The molecule has 0 amide bonds. The van der Waals surface area contributed by atoms with Gasteiger partial charge in [0.2, 0.25) is 0 Å². The van der Waals surface area contributed by atoms with Crippen molar-refractivity contribution >= 4 is 86.0 Å². The van der Waals surface area contributed by atoms with Gasteiger partial charge in [-0.3, -0.25) is 0 Å². The van der Waals surface area contributed by atoms with E-state index in [0.717, 1.165) is 32.9 Å². The van der Waals surface area contributed by atoms with Crippen LogP contribution in [-0.2, 0) is 0 Å². The van der Waals surface area contributed by atoms with Crippen LogP contribution in [0.15, 0.2) is 142 Å². The lowest BCUT2D eigenvalue weighted by Gasteiger charge is -2.18. The minimum Gasteiger partial charge on any atom is -0.464 e. The predicted octanol–water partition coefficient (Wildman–Crippen LogP) is 12.3. The van der Waals surface area contributed by atoms with Gasteiger partial charge >= 0.3 is 0 Å². The van der Waals surface area contributed by atoms with Gasteiger partial charge in [-0.15, -0.1) is 11.3 Å². The average Bonchev–Trinajstić information content (AvgIpc) is 3.77. The molecule has 0 fully saturated rings. The maximum absolute atomic E-state index is 6.30. The fraction of sp³-hybridized carbons (Fsp3) is 0. The highest BCUT2D eigenvalue weighted by Gasteiger charge is 2.20. The molecule has 0 aliphatic carbocycles. The number of thiophene rings is 1. The van der Waals surface area contributed by atoms with Crippen molar-refractivity contribution in [2.75, 3.05) is 0 Å². The molecule has 0 atom stereocenters. The molecule has 0 saturated heterocycles. The molecule has 0 N–H and O–H groups in total. The Hall–Kier alpha value is -5.38. The number of rotatable bonds is 2. The first-order chi connectivity index (χ1) is 21.3. The Morgan fingerprint density at radius 1 is 0.442 bits per heavy atom. The Balaban J connectivity index is 1.32. The molecular weight excluding hydrogens is 545 g/mol. The van der Waals surface area contributed by atoms with Gasteiger partial charge in [0.1, 0.15) is 16.7 Å². The summed E-state index contributed by atoms with van der Waals surface area (Å²) in [4.78, 5) is 0. The van der Waals surface area contributed by atoms with Gasteiger partial charge in [-0.05, 0) is 86.3 Å². The van der Waals surface area contributed by atoms with Crippen LogP contribution in [0, 0.1) is 0 Å². The van der Waals surface area contributed by atoms with Crippen molar-refractivity contribution in [1.29, 1.82) is 0 Å². The zero-order chi connectivity index (χ0) is 28.1. The Morgan fingerprint density at radius 2 is 1.12 bits per heavy atom. The van der Waals surface area contributed by atoms with Crippen molar-refractivity contribution < 1.29 is 8.83 Å². The topological polar surface area (TPSA) is 26.3 Å². The average molecular weight is 567 g/mol. The summed E-state index contributed by atoms with van der Waals surface area (Å²) in [7, 11) is 0. The smallest absolute Gasteiger partial charge is 0.136 e. The third kappa shape index (κ3) is 3.23. The molecule has 0 aliphatic heterocycles. The predicted molar refractivity (Wildman–Crippen MR) is 182 cm³/mol. The molecule has 7 aromatic carbocycles. The van der Waals surface area contributed by atoms with E-state index in [1.165, 1.54) is 64.0 Å². The number of hydrogen-bond acceptors (Lipinski definition) is 3. The molecule has 10 aromatic rings. The van der Waals surface area contributed by atoms with Crippen LogP contribution in [0.25, 0.3) is 96.9 Å². The second-order valence-electron chi connectivity index (χ2n) is 11.2. The van der Waals surface area contributed by atoms with Gasteiger partial charge in [0.05, 0.1) is 6.26 Å². The normalized spacial score (nSPS) is 12.2. The fourth-order valence-electron chi connectivity index (χ4n) is 7.10. The molecule has 0 radical (unpaired) electrons. The Bertz CT molecular complexity index is 2680. The first kappa shape index (κ1) is 23.2. The number of fused-ring (bicyclic) bond motifs is 9. The van der Waals surface area contributed by atoms with Crippen LogP contribution in [-0.4, -0.2) is 0 Å². The van der Waals surface area contributed by atoms with Gasteiger partial charge in [0.25, 0.3) is 0 Å². The highest BCUT2D eigenvalue weighted by Crippen LogP contribution is 2.48. The zero-order valence-electron chi connectivity index (χ0n) is 22.9. The summed E-state index contributed by atoms with van der Waals surface area (Å²) in [5.74, 6) is 0. The van der Waals surface area contributed by atoms with Crippen LogP contribution in [0.1, 0.15) is 0 Å². The van der Waals surface area contributed by atoms with Crippen molar-refractivity contribution in [1.82, 2.24) is 0 Å². The third-order valence-electron chi connectivity index (χ3n) is 8.94. The van der Waals surface area contributed by atoms with Crippen molar-refractivity contribution in [3.05, 3.63) is 134 Å². The Labute approximate surface area is 250 Å². The van der Waals surface area contributed by atoms with Crippen LogP contribution >= 0.6 is 11.3 Å². The maximum atomic E-state index is 6.30. The van der Waals surface area contributed by atoms with Crippen molar-refractivity contribution in [2.24, 2.45) is 0 Å². The number of hydrogen-bond donors (Lipinski definition) is 0. The first-order valence-corrected chi connectivity index (χ1v) is 15.3. The minimum absolute atomic E-state index is 0.871. The van der Waals surface area contributed by atoms with E-state index >= 15 is 0 Å². The Morgan fingerprint density at radius 3 is 1.91 bits per heavy atom. The summed E-state index contributed by atoms with van der Waals surface area (Å²) >= 11 is 1.87. The summed E-state index contributed by atoms with van der Waals surface area (Å²) in [6.07, 6.45) is 1.73. The molecule has 43 heavy (non-hydrogen) atoms. The molecule has 0 unspecified atom stereocenters. The van der Waals surface area contributed by atoms with Crippen molar-refractivity contribution in [3.8, 4) is 22.3 Å². The van der Waals surface area contributed by atoms with E-state index in [4.69, 9.17) is 8.83 Å². The van der Waals surface area contributed by atoms with E-state index in [9.17, 15) is 0 Å². The third-order valence-corrected chi connectivity index (χ3v) is 10.1. The summed E-state index contributed by atoms with van der Waals surface area (Å²) in [6, 6.07) is 46.1. The second kappa shape index (κ2) is 8.57. The highest BCUT2D eigenvalue weighted by atomic mass is 32.1. The molecule has 0 bridgehead atoms. The van der Waals surface area contributed by atoms with E-state index in [0.29, 0.717) is 0 Å². The molecule has 2 nitrogen and oxygen atoms in total. The van der Waals surface area contributed by atoms with E-state index in [-0.39, 0.29) is 0 Å². The van der Waals surface area contributed by atoms with Crippen LogP contribution in [0.3, 0.4) is 0 Å². The van der Waals surface area contributed by atoms with Gasteiger partial charge in [0, 0.05) is 36.3 Å². The summed E-state index contributed by atoms with van der Waals surface area (Å²) < 4.78 is 14.7. The van der Waals surface area contributed by atoms with Gasteiger partial charge in [0.15, 0.2) is 0 Å². The lowest BCUT2D eigenvalue weighted by Crippen LogP contribution is -1.91. The molecule has 0 aliphatic rings. The van der Waals surface area contributed by atoms with Crippen LogP contribution in [0.2, 0.25) is 0 Å². The lowest BCUT2D eigenvalue weighted by atomic mass is 9.85. The summed E-state index contributed by atoms with van der Waals surface area (Å²) in [5.41, 5.74) is 7.62. The maximum Gasteiger partial charge on any atom is 0.136 e. The fourth-order valence-corrected chi connectivity index (χ4v) is 8.23. The van der Waals surface area contributed by atoms with E-state index < -0.39 is 0 Å². The van der Waals surface area contributed by atoms with Gasteiger partial charge in [-0.1, -0.05) is 84.9 Å². The quantitative estimate of drug-likeness (QED) is 0.195. The van der Waals surface area contributed by atoms with Crippen LogP contribution in [0.5, 0.6) is 0 Å². The zero-order valence-corrected chi connectivity index (χ0v) is 23.7. The molecule has 200 valence electrons. The molecule has 0 saturated carbocycles. The molecule has 10 rings (SSSR count). The SMILES string of the molecule is c1ccc2c(c1)sc1cccc(-c3c4ccccc4c(-c4ccc5oc6cc7ccoc7cc6c5c4)c4ccccc34)c12. The van der Waals surface area contributed by atoms with Crippen LogP contribution < -0.4 is 0 Å². The van der Waals surface area contributed by atoms with Crippen LogP contribution in [0.4, 0.5) is 0 Å². The minimum atomic E-state index is 0.871. The summed E-state index contributed by atoms with van der Waals surface area (Å²) in [6.45, 7) is 0. The van der Waals surface area contributed by atoms with Crippen molar-refractivity contribution in [3.63, 3.8) is 0 Å². The van der Waals surface area contributed by atoms with Crippen molar-refractivity contribution in [2.45, 2.75) is 0 Å². The standard InChI is InChI=1S/C40H22O2S/c1-3-10-27-25(8-1)38(24-16-17-33-31(20-24)32-22-34-23(18-19-41-34)21-35(32)42-33)26-9-2-4-11-28(26)39(27)30-13-7-15-37-40(30)29-12-5-6-14-36(29)43-37/h1-22H. The molecule has 3 aromatic heterocycles. The van der Waals surface area contributed by atoms with E-state index in [2.05, 4.69) is 121 Å². The van der Waals surface area contributed by atoms with E-state index in [1.54, 1.807) is 6.26 Å². The molecule has 3 heterocycles. The first-order valence-electron chi connectivity index (χ1n) is 14.5. The monoisotopic (exact) mass is 566 g/mol. The second-order valence-corrected chi connectivity index (χ2v) is 12.3. The Kier molecular flexibility index (Phi) is 4.63. The largest absolute Gasteiger partial charge is 0.464 e. The molecule has 0 spiro atoms. The number of furan rings is 2. The lowest BCUT2D eigenvalue weighted by molar-refractivity contribution is 0.616. The van der Waals surface area contributed by atoms with Gasteiger partial charge in [-0.25, -0.2) is 0 Å². The summed E-state index contributed by atoms with van der Waals surface area (Å²) in [5, 5.41) is 10.9. The van der Waals surface area contributed by atoms with Gasteiger partial charge in [-0.2, -0.15) is 0 Å².